The zero-order valence-electron chi connectivity index (χ0n) is 16.4. The van der Waals surface area contributed by atoms with Gasteiger partial charge in [0.05, 0.1) is 17.6 Å². The number of rotatable bonds is 3. The number of para-hydroxylation sites is 1. The van der Waals surface area contributed by atoms with Crippen LogP contribution in [0.4, 0.5) is 15.8 Å². The van der Waals surface area contributed by atoms with Crippen LogP contribution in [0, 0.1) is 11.7 Å². The number of hydrogen-bond donors (Lipinski definition) is 0. The fourth-order valence-electron chi connectivity index (χ4n) is 4.15. The van der Waals surface area contributed by atoms with Crippen LogP contribution in [0.2, 0.25) is 0 Å². The third kappa shape index (κ3) is 3.96. The van der Waals surface area contributed by atoms with E-state index in [-0.39, 0.29) is 11.7 Å². The Morgan fingerprint density at radius 2 is 1.79 bits per heavy atom. The second-order valence-electron chi connectivity index (χ2n) is 7.83. The average Bonchev–Trinajstić information content (AvgIpc) is 2.74. The minimum Gasteiger partial charge on any atom is -0.367 e. The van der Waals surface area contributed by atoms with Gasteiger partial charge in [-0.1, -0.05) is 19.1 Å². The molecule has 0 radical (unpaired) electrons. The Kier molecular flexibility index (Phi) is 5.46. The molecule has 2 aromatic rings. The molecule has 1 aromatic carbocycles. The van der Waals surface area contributed by atoms with Crippen molar-refractivity contribution in [2.45, 2.75) is 19.8 Å². The Hall–Kier alpha value is -2.63. The molecule has 2 aliphatic heterocycles. The number of halogens is 1. The number of aromatic nitrogens is 1. The first-order chi connectivity index (χ1) is 13.6. The molecule has 5 nitrogen and oxygen atoms in total. The van der Waals surface area contributed by atoms with E-state index in [1.165, 1.54) is 12.5 Å². The van der Waals surface area contributed by atoms with Crippen molar-refractivity contribution in [3.8, 4) is 0 Å². The number of likely N-dealkylation sites (tertiary alicyclic amines) is 1. The molecule has 6 heteroatoms. The van der Waals surface area contributed by atoms with Gasteiger partial charge in [0.1, 0.15) is 11.5 Å². The molecular weight excluding hydrogens is 355 g/mol. The lowest BCUT2D eigenvalue weighted by molar-refractivity contribution is 0.0677. The van der Waals surface area contributed by atoms with Gasteiger partial charge in [-0.05, 0) is 43.0 Å². The van der Waals surface area contributed by atoms with Crippen LogP contribution in [-0.4, -0.2) is 55.1 Å². The van der Waals surface area contributed by atoms with Crippen LogP contribution in [0.5, 0.6) is 0 Å². The van der Waals surface area contributed by atoms with Gasteiger partial charge in [0.15, 0.2) is 0 Å². The number of piperazine rings is 1. The summed E-state index contributed by atoms with van der Waals surface area (Å²) >= 11 is 0. The van der Waals surface area contributed by atoms with E-state index in [2.05, 4.69) is 21.7 Å². The molecule has 28 heavy (non-hydrogen) atoms. The third-order valence-electron chi connectivity index (χ3n) is 5.75. The number of benzene rings is 1. The highest BCUT2D eigenvalue weighted by Crippen LogP contribution is 2.23. The van der Waals surface area contributed by atoms with Crippen molar-refractivity contribution in [2.24, 2.45) is 5.92 Å². The molecule has 0 aliphatic carbocycles. The van der Waals surface area contributed by atoms with Gasteiger partial charge in [-0.25, -0.2) is 9.37 Å². The summed E-state index contributed by atoms with van der Waals surface area (Å²) in [6.07, 6.45) is 4.05. The zero-order chi connectivity index (χ0) is 19.5. The van der Waals surface area contributed by atoms with Gasteiger partial charge in [0.25, 0.3) is 5.91 Å². The van der Waals surface area contributed by atoms with Crippen LogP contribution in [-0.2, 0) is 0 Å². The van der Waals surface area contributed by atoms with Crippen molar-refractivity contribution < 1.29 is 9.18 Å². The number of anilines is 2. The van der Waals surface area contributed by atoms with Crippen LogP contribution < -0.4 is 9.80 Å². The minimum absolute atomic E-state index is 0.0301. The van der Waals surface area contributed by atoms with E-state index in [0.717, 1.165) is 51.4 Å². The quantitative estimate of drug-likeness (QED) is 0.816. The first kappa shape index (κ1) is 18.7. The highest BCUT2D eigenvalue weighted by molar-refractivity contribution is 5.92. The van der Waals surface area contributed by atoms with E-state index in [1.54, 1.807) is 12.3 Å². The Morgan fingerprint density at radius 3 is 2.46 bits per heavy atom. The van der Waals surface area contributed by atoms with Crippen molar-refractivity contribution in [2.75, 3.05) is 49.1 Å². The van der Waals surface area contributed by atoms with E-state index < -0.39 is 0 Å². The molecule has 0 saturated carbocycles. The Bertz CT molecular complexity index is 818. The number of carbonyl (C=O) groups excluding carboxylic acids is 1. The molecule has 1 unspecified atom stereocenters. The van der Waals surface area contributed by atoms with Crippen LogP contribution in [0.15, 0.2) is 42.6 Å². The van der Waals surface area contributed by atoms with Crippen molar-refractivity contribution in [3.05, 3.63) is 54.1 Å². The van der Waals surface area contributed by atoms with Crippen molar-refractivity contribution >= 4 is 17.3 Å². The van der Waals surface area contributed by atoms with Gasteiger partial charge in [0, 0.05) is 39.3 Å². The normalized spacial score (nSPS) is 20.4. The first-order valence-electron chi connectivity index (χ1n) is 10.1. The average molecular weight is 382 g/mol. The molecule has 1 aromatic heterocycles. The molecule has 3 heterocycles. The summed E-state index contributed by atoms with van der Waals surface area (Å²) in [6.45, 7) is 6.95. The predicted octanol–water partition coefficient (Wildman–Crippen LogP) is 3.42. The smallest absolute Gasteiger partial charge is 0.272 e. The van der Waals surface area contributed by atoms with E-state index in [4.69, 9.17) is 0 Å². The maximum Gasteiger partial charge on any atom is 0.272 e. The lowest BCUT2D eigenvalue weighted by Crippen LogP contribution is -2.46. The summed E-state index contributed by atoms with van der Waals surface area (Å²) in [5.74, 6) is 0.415. The Labute approximate surface area is 165 Å². The third-order valence-corrected chi connectivity index (χ3v) is 5.75. The summed E-state index contributed by atoms with van der Waals surface area (Å²) in [5.41, 5.74) is 2.19. The fraction of sp³-hybridized carbons (Fsp3) is 0.455. The number of nitrogens with zero attached hydrogens (tertiary/aromatic N) is 4. The Morgan fingerprint density at radius 1 is 1.04 bits per heavy atom. The molecular formula is C22H27FN4O. The molecule has 1 amide bonds. The second-order valence-corrected chi connectivity index (χ2v) is 7.83. The first-order valence-corrected chi connectivity index (χ1v) is 10.1. The summed E-state index contributed by atoms with van der Waals surface area (Å²) < 4.78 is 14.0. The maximum atomic E-state index is 14.0. The van der Waals surface area contributed by atoms with Crippen molar-refractivity contribution in [3.63, 3.8) is 0 Å². The number of piperidine rings is 1. The zero-order valence-corrected chi connectivity index (χ0v) is 16.4. The van der Waals surface area contributed by atoms with Gasteiger partial charge >= 0.3 is 0 Å². The summed E-state index contributed by atoms with van der Waals surface area (Å²) in [7, 11) is 0. The molecule has 0 bridgehead atoms. The lowest BCUT2D eigenvalue weighted by Gasteiger charge is -2.37. The van der Waals surface area contributed by atoms with Gasteiger partial charge in [-0.2, -0.15) is 0 Å². The summed E-state index contributed by atoms with van der Waals surface area (Å²) in [4.78, 5) is 23.3. The van der Waals surface area contributed by atoms with Crippen LogP contribution in [0.1, 0.15) is 30.3 Å². The van der Waals surface area contributed by atoms with E-state index in [1.807, 2.05) is 29.2 Å². The summed E-state index contributed by atoms with van der Waals surface area (Å²) in [6, 6.07) is 10.7. The van der Waals surface area contributed by atoms with E-state index >= 15 is 0 Å². The Balaban J connectivity index is 1.37. The van der Waals surface area contributed by atoms with Gasteiger partial charge in [-0.3, -0.25) is 4.79 Å². The molecule has 4 rings (SSSR count). The van der Waals surface area contributed by atoms with Crippen LogP contribution in [0.3, 0.4) is 0 Å². The molecule has 148 valence electrons. The highest BCUT2D eigenvalue weighted by atomic mass is 19.1. The number of carbonyl (C=O) groups is 1. The fourth-order valence-corrected chi connectivity index (χ4v) is 4.15. The molecule has 2 aliphatic rings. The van der Waals surface area contributed by atoms with Crippen molar-refractivity contribution in [1.82, 2.24) is 9.88 Å². The minimum atomic E-state index is -0.174. The number of pyridine rings is 1. The lowest BCUT2D eigenvalue weighted by atomic mass is 10.00. The number of amides is 1. The number of hydrogen-bond acceptors (Lipinski definition) is 4. The largest absolute Gasteiger partial charge is 0.367 e. The SMILES string of the molecule is CC1CCCN(C(=O)c2ccc(N3CCN(c4ccccc4F)CC3)cn2)C1. The van der Waals surface area contributed by atoms with Crippen molar-refractivity contribution in [1.29, 1.82) is 0 Å². The topological polar surface area (TPSA) is 39.7 Å². The second kappa shape index (κ2) is 8.17. The predicted molar refractivity (Wildman–Crippen MR) is 109 cm³/mol. The monoisotopic (exact) mass is 382 g/mol. The van der Waals surface area contributed by atoms with Gasteiger partial charge in [0.2, 0.25) is 0 Å². The van der Waals surface area contributed by atoms with Crippen LogP contribution in [0.25, 0.3) is 0 Å². The standard InChI is InChI=1S/C22H27FN4O/c1-17-5-4-10-27(16-17)22(28)20-9-8-18(15-24-20)25-11-13-26(14-12-25)21-7-3-2-6-19(21)23/h2-3,6-9,15,17H,4-5,10-14,16H2,1H3. The van der Waals surface area contributed by atoms with E-state index in [0.29, 0.717) is 17.3 Å². The van der Waals surface area contributed by atoms with Crippen LogP contribution >= 0.6 is 0 Å². The molecule has 2 fully saturated rings. The highest BCUT2D eigenvalue weighted by Gasteiger charge is 2.24. The summed E-state index contributed by atoms with van der Waals surface area (Å²) in [5, 5.41) is 0. The van der Waals surface area contributed by atoms with E-state index in [9.17, 15) is 9.18 Å². The van der Waals surface area contributed by atoms with Gasteiger partial charge in [-0.15, -0.1) is 0 Å². The molecule has 0 spiro atoms. The maximum absolute atomic E-state index is 14.0. The molecule has 1 atom stereocenters. The van der Waals surface area contributed by atoms with Gasteiger partial charge < -0.3 is 14.7 Å². The molecule has 0 N–H and O–H groups in total. The molecule has 2 saturated heterocycles.